The Balaban J connectivity index is 1.77. The molecule has 0 aliphatic rings. The number of nitrogens with one attached hydrogen (secondary N) is 1. The van der Waals surface area contributed by atoms with Crippen molar-refractivity contribution in [3.8, 4) is 22.9 Å². The third-order valence-electron chi connectivity index (χ3n) is 4.26. The molecule has 158 valence electrons. The predicted molar refractivity (Wildman–Crippen MR) is 120 cm³/mol. The van der Waals surface area contributed by atoms with Crippen LogP contribution in [0.15, 0.2) is 65.4 Å². The number of halogens is 3. The molecule has 0 aliphatic carbocycles. The quantitative estimate of drug-likeness (QED) is 0.452. The average molecular weight is 504 g/mol. The summed E-state index contributed by atoms with van der Waals surface area (Å²) in [4.78, 5) is 16.8. The Hall–Kier alpha value is -2.88. The molecule has 3 rings (SSSR count). The number of pyridine rings is 1. The molecule has 0 bridgehead atoms. The first kappa shape index (κ1) is 22.8. The summed E-state index contributed by atoms with van der Waals surface area (Å²) in [6, 6.07) is 15.6. The molecule has 1 aromatic heterocycles. The molecule has 0 radical (unpaired) electrons. The average Bonchev–Trinajstić information content (AvgIpc) is 2.78. The topological polar surface area (TPSA) is 75.0 Å². The normalized spacial score (nSPS) is 12.5. The fourth-order valence-corrected chi connectivity index (χ4v) is 3.21. The number of nitriles is 1. The number of carbonyl (C=O) groups is 1. The molecule has 3 aromatic rings. The van der Waals surface area contributed by atoms with Crippen molar-refractivity contribution in [1.29, 1.82) is 5.26 Å². The summed E-state index contributed by atoms with van der Waals surface area (Å²) in [6.07, 6.45) is 3.02. The molecular weight excluding hydrogens is 487 g/mol. The van der Waals surface area contributed by atoms with Crippen LogP contribution in [0, 0.1) is 11.3 Å². The van der Waals surface area contributed by atoms with Crippen LogP contribution in [0.4, 0.5) is 8.78 Å². The van der Waals surface area contributed by atoms with Crippen molar-refractivity contribution < 1.29 is 18.3 Å². The Kier molecular flexibility index (Phi) is 7.32. The zero-order chi connectivity index (χ0) is 22.4. The van der Waals surface area contributed by atoms with Crippen LogP contribution in [0.2, 0.25) is 0 Å². The van der Waals surface area contributed by atoms with Gasteiger partial charge in [-0.2, -0.15) is 9.65 Å². The summed E-state index contributed by atoms with van der Waals surface area (Å²) in [6.45, 7) is -1.32. The number of rotatable bonds is 7. The van der Waals surface area contributed by atoms with Crippen LogP contribution in [-0.4, -0.2) is 23.2 Å². The predicted octanol–water partition coefficient (Wildman–Crippen LogP) is 5.16. The van der Waals surface area contributed by atoms with E-state index >= 15 is 0 Å². The van der Waals surface area contributed by atoms with Gasteiger partial charge >= 0.3 is 0 Å². The van der Waals surface area contributed by atoms with Gasteiger partial charge < -0.3 is 10.1 Å². The molecule has 0 spiro atoms. The lowest BCUT2D eigenvalue weighted by Crippen LogP contribution is -2.27. The Bertz CT molecular complexity index is 1150. The lowest BCUT2D eigenvalue weighted by Gasteiger charge is -2.21. The molecule has 1 heterocycles. The molecular formula is C22H17BrF2N3O2P. The third kappa shape index (κ3) is 6.06. The summed E-state index contributed by atoms with van der Waals surface area (Å²) in [7, 11) is 1.68. The third-order valence-corrected chi connectivity index (χ3v) is 5.02. The molecule has 9 heteroatoms. The molecule has 0 aliphatic heterocycles. The SMILES string of the molecule is N#Cc1cccc(-c2cncc(C(=O)NCc3ccc(Br)cc3OC(F)(P)CF)c2)c1. The van der Waals surface area contributed by atoms with Gasteiger partial charge in [0.05, 0.1) is 17.2 Å². The number of hydrogen-bond acceptors (Lipinski definition) is 4. The number of amides is 1. The van der Waals surface area contributed by atoms with Crippen molar-refractivity contribution in [2.45, 2.75) is 12.1 Å². The van der Waals surface area contributed by atoms with Gasteiger partial charge in [0.2, 0.25) is 0 Å². The van der Waals surface area contributed by atoms with Crippen molar-refractivity contribution in [3.63, 3.8) is 0 Å². The van der Waals surface area contributed by atoms with Crippen LogP contribution < -0.4 is 10.1 Å². The van der Waals surface area contributed by atoms with Crippen LogP contribution in [0.3, 0.4) is 0 Å². The number of ether oxygens (including phenoxy) is 1. The Morgan fingerprint density at radius 3 is 2.77 bits per heavy atom. The minimum Gasteiger partial charge on any atom is -0.452 e. The van der Waals surface area contributed by atoms with Crippen LogP contribution in [0.5, 0.6) is 5.75 Å². The highest BCUT2D eigenvalue weighted by Gasteiger charge is 2.26. The highest BCUT2D eigenvalue weighted by Crippen LogP contribution is 2.31. The van der Waals surface area contributed by atoms with E-state index in [0.29, 0.717) is 26.7 Å². The van der Waals surface area contributed by atoms with E-state index in [9.17, 15) is 13.6 Å². The fourth-order valence-electron chi connectivity index (χ4n) is 2.75. The number of carbonyl (C=O) groups excluding carboxylic acids is 1. The number of nitrogens with zero attached hydrogens (tertiary/aromatic N) is 2. The van der Waals surface area contributed by atoms with E-state index in [1.165, 1.54) is 12.3 Å². The van der Waals surface area contributed by atoms with Gasteiger partial charge in [0.1, 0.15) is 5.75 Å². The maximum atomic E-state index is 14.0. The van der Waals surface area contributed by atoms with Gasteiger partial charge in [0.15, 0.2) is 6.67 Å². The highest BCUT2D eigenvalue weighted by atomic mass is 79.9. The molecule has 2 unspecified atom stereocenters. The number of alkyl halides is 2. The van der Waals surface area contributed by atoms with Gasteiger partial charge in [-0.1, -0.05) is 43.4 Å². The van der Waals surface area contributed by atoms with E-state index in [-0.39, 0.29) is 12.3 Å². The van der Waals surface area contributed by atoms with Crippen molar-refractivity contribution in [3.05, 3.63) is 82.1 Å². The Morgan fingerprint density at radius 1 is 1.23 bits per heavy atom. The smallest absolute Gasteiger partial charge is 0.287 e. The summed E-state index contributed by atoms with van der Waals surface area (Å²) in [5.74, 6) is -0.299. The molecule has 5 nitrogen and oxygen atoms in total. The van der Waals surface area contributed by atoms with Crippen molar-refractivity contribution in [2.75, 3.05) is 6.67 Å². The minimum atomic E-state index is -2.56. The van der Waals surface area contributed by atoms with Crippen LogP contribution in [0.25, 0.3) is 11.1 Å². The zero-order valence-corrected chi connectivity index (χ0v) is 18.9. The van der Waals surface area contributed by atoms with Crippen molar-refractivity contribution >= 4 is 31.1 Å². The summed E-state index contributed by atoms with van der Waals surface area (Å²) in [5, 5.41) is 11.8. The van der Waals surface area contributed by atoms with Crippen molar-refractivity contribution in [2.24, 2.45) is 0 Å². The van der Waals surface area contributed by atoms with Gasteiger partial charge in [-0.3, -0.25) is 9.78 Å². The molecule has 0 saturated heterocycles. The molecule has 2 aromatic carbocycles. The highest BCUT2D eigenvalue weighted by molar-refractivity contribution is 9.10. The lowest BCUT2D eigenvalue weighted by atomic mass is 10.0. The van der Waals surface area contributed by atoms with Gasteiger partial charge in [0, 0.05) is 34.5 Å². The van der Waals surface area contributed by atoms with Crippen LogP contribution in [-0.2, 0) is 6.54 Å². The van der Waals surface area contributed by atoms with Crippen LogP contribution in [0.1, 0.15) is 21.5 Å². The molecule has 1 N–H and O–H groups in total. The lowest BCUT2D eigenvalue weighted by molar-refractivity contribution is 0.00558. The summed E-state index contributed by atoms with van der Waals surface area (Å²) in [5.41, 5.74) is 0.174. The van der Waals surface area contributed by atoms with E-state index in [1.807, 2.05) is 6.07 Å². The van der Waals surface area contributed by atoms with E-state index < -0.39 is 18.2 Å². The van der Waals surface area contributed by atoms with Crippen LogP contribution >= 0.6 is 25.2 Å². The standard InChI is InChI=1S/C22H17BrF2N3O2P/c23-19-5-4-16(20(8-19)30-22(25,31)13-24)12-28-21(29)18-7-17(10-27-11-18)15-3-1-2-14(6-15)9-26/h1-8,10-11H,12-13,31H2,(H,28,29). The Labute approximate surface area is 188 Å². The largest absolute Gasteiger partial charge is 0.452 e. The van der Waals surface area contributed by atoms with E-state index in [2.05, 4.69) is 32.3 Å². The van der Waals surface area contributed by atoms with Gasteiger partial charge in [-0.25, -0.2) is 4.39 Å². The molecule has 1 amide bonds. The van der Waals surface area contributed by atoms with Gasteiger partial charge in [0.25, 0.3) is 11.5 Å². The second-order valence-electron chi connectivity index (χ2n) is 6.61. The molecule has 0 fully saturated rings. The first-order chi connectivity index (χ1) is 14.8. The first-order valence-corrected chi connectivity index (χ1v) is 10.4. The Morgan fingerprint density at radius 2 is 2.03 bits per heavy atom. The summed E-state index contributed by atoms with van der Waals surface area (Å²) < 4.78 is 32.5. The summed E-state index contributed by atoms with van der Waals surface area (Å²) >= 11 is 3.26. The first-order valence-electron chi connectivity index (χ1n) is 9.06. The zero-order valence-electron chi connectivity index (χ0n) is 16.1. The molecule has 0 saturated carbocycles. The fraction of sp³-hybridized carbons (Fsp3) is 0.136. The van der Waals surface area contributed by atoms with Crippen molar-refractivity contribution in [1.82, 2.24) is 10.3 Å². The molecule has 2 atom stereocenters. The minimum absolute atomic E-state index is 0.0304. The maximum absolute atomic E-state index is 14.0. The van der Waals surface area contributed by atoms with Gasteiger partial charge in [-0.15, -0.1) is 0 Å². The number of aromatic nitrogens is 1. The van der Waals surface area contributed by atoms with Gasteiger partial charge in [-0.05, 0) is 35.9 Å². The van der Waals surface area contributed by atoms with E-state index in [1.54, 1.807) is 51.8 Å². The number of hydrogen-bond donors (Lipinski definition) is 1. The monoisotopic (exact) mass is 503 g/mol. The second-order valence-corrected chi connectivity index (χ2v) is 8.39. The van der Waals surface area contributed by atoms with E-state index in [4.69, 9.17) is 10.00 Å². The number of benzene rings is 2. The maximum Gasteiger partial charge on any atom is 0.287 e. The second kappa shape index (κ2) is 9.95. The van der Waals surface area contributed by atoms with E-state index in [0.717, 1.165) is 5.56 Å². The molecule has 31 heavy (non-hydrogen) atoms.